The first-order valence-electron chi connectivity index (χ1n) is 8.42. The molecule has 0 N–H and O–H groups in total. The van der Waals surface area contributed by atoms with E-state index in [0.29, 0.717) is 5.92 Å². The van der Waals surface area contributed by atoms with Crippen LogP contribution in [-0.4, -0.2) is 9.97 Å². The summed E-state index contributed by atoms with van der Waals surface area (Å²) >= 11 is 0. The van der Waals surface area contributed by atoms with E-state index in [1.54, 1.807) is 0 Å². The Hall–Kier alpha value is -2.74. The van der Waals surface area contributed by atoms with E-state index in [4.69, 9.17) is 4.98 Å². The van der Waals surface area contributed by atoms with Crippen LogP contribution in [0.1, 0.15) is 23.7 Å². The second-order valence-electron chi connectivity index (χ2n) is 6.50. The van der Waals surface area contributed by atoms with Gasteiger partial charge < -0.3 is 0 Å². The molecular formula is C22H20N2. The van der Waals surface area contributed by atoms with Crippen molar-refractivity contribution in [3.8, 4) is 22.6 Å². The highest BCUT2D eigenvalue weighted by atomic mass is 14.9. The lowest BCUT2D eigenvalue weighted by molar-refractivity contribution is 0.717. The Bertz CT molecular complexity index is 911. The van der Waals surface area contributed by atoms with E-state index in [1.165, 1.54) is 16.7 Å². The first-order valence-corrected chi connectivity index (χ1v) is 8.42. The van der Waals surface area contributed by atoms with Gasteiger partial charge in [0.1, 0.15) is 0 Å². The first kappa shape index (κ1) is 14.8. The van der Waals surface area contributed by atoms with Crippen molar-refractivity contribution in [3.63, 3.8) is 0 Å². The van der Waals surface area contributed by atoms with Crippen LogP contribution in [0.25, 0.3) is 28.7 Å². The second kappa shape index (κ2) is 6.04. The molecule has 3 aromatic rings. The summed E-state index contributed by atoms with van der Waals surface area (Å²) in [7, 11) is 0. The molecule has 2 nitrogen and oxygen atoms in total. The minimum Gasteiger partial charge on any atom is -0.233 e. The standard InChI is InChI=1S/C22H20N2/c1-15-11-12-19-18(13-15)9-6-10-20(19)21-14-16(2)23-22(24-21)17-7-4-3-5-8-17/h3-12,14-15H,13H2,1-2H3. The highest BCUT2D eigenvalue weighted by Gasteiger charge is 2.15. The predicted octanol–water partition coefficient (Wildman–Crippen LogP) is 5.32. The van der Waals surface area contributed by atoms with Crippen molar-refractivity contribution in [1.29, 1.82) is 0 Å². The molecule has 0 aliphatic heterocycles. The molecule has 118 valence electrons. The average molecular weight is 312 g/mol. The number of aryl methyl sites for hydroxylation is 1. The summed E-state index contributed by atoms with van der Waals surface area (Å²) in [5.41, 5.74) is 6.93. The van der Waals surface area contributed by atoms with Crippen LogP contribution in [0.4, 0.5) is 0 Å². The number of hydrogen-bond donors (Lipinski definition) is 0. The Labute approximate surface area is 142 Å². The van der Waals surface area contributed by atoms with Gasteiger partial charge in [-0.2, -0.15) is 0 Å². The van der Waals surface area contributed by atoms with Crippen LogP contribution in [-0.2, 0) is 6.42 Å². The monoisotopic (exact) mass is 312 g/mol. The summed E-state index contributed by atoms with van der Waals surface area (Å²) in [6.45, 7) is 4.29. The van der Waals surface area contributed by atoms with Gasteiger partial charge in [0, 0.05) is 16.8 Å². The minimum absolute atomic E-state index is 0.597. The van der Waals surface area contributed by atoms with Gasteiger partial charge in [0.25, 0.3) is 0 Å². The molecule has 1 unspecified atom stereocenters. The summed E-state index contributed by atoms with van der Waals surface area (Å²) in [4.78, 5) is 9.48. The van der Waals surface area contributed by atoms with Gasteiger partial charge in [-0.3, -0.25) is 0 Å². The normalized spacial score (nSPS) is 16.0. The van der Waals surface area contributed by atoms with Crippen LogP contribution in [0.15, 0.2) is 60.7 Å². The Morgan fingerprint density at radius 2 is 1.79 bits per heavy atom. The number of nitrogens with zero attached hydrogens (tertiary/aromatic N) is 2. The molecule has 2 heteroatoms. The van der Waals surface area contributed by atoms with Crippen molar-refractivity contribution in [1.82, 2.24) is 9.97 Å². The van der Waals surface area contributed by atoms with E-state index in [-0.39, 0.29) is 0 Å². The zero-order valence-electron chi connectivity index (χ0n) is 14.0. The predicted molar refractivity (Wildman–Crippen MR) is 99.5 cm³/mol. The van der Waals surface area contributed by atoms with E-state index >= 15 is 0 Å². The molecule has 1 aliphatic carbocycles. The van der Waals surface area contributed by atoms with Crippen molar-refractivity contribution < 1.29 is 0 Å². The Balaban J connectivity index is 1.86. The molecule has 0 saturated carbocycles. The molecule has 0 bridgehead atoms. The van der Waals surface area contributed by atoms with Gasteiger partial charge in [-0.15, -0.1) is 0 Å². The summed E-state index contributed by atoms with van der Waals surface area (Å²) in [6, 6.07) is 18.8. The number of allylic oxidation sites excluding steroid dienone is 1. The van der Waals surface area contributed by atoms with Gasteiger partial charge in [0.15, 0.2) is 5.82 Å². The van der Waals surface area contributed by atoms with Gasteiger partial charge in [-0.05, 0) is 36.5 Å². The van der Waals surface area contributed by atoms with Crippen LogP contribution < -0.4 is 0 Å². The van der Waals surface area contributed by atoms with Crippen molar-refractivity contribution in [3.05, 3.63) is 77.5 Å². The molecule has 2 aromatic carbocycles. The number of benzene rings is 2. The third-order valence-electron chi connectivity index (χ3n) is 4.49. The van der Waals surface area contributed by atoms with Gasteiger partial charge in [-0.25, -0.2) is 9.97 Å². The van der Waals surface area contributed by atoms with E-state index in [9.17, 15) is 0 Å². The molecule has 0 radical (unpaired) electrons. The molecule has 1 heterocycles. The summed E-state index contributed by atoms with van der Waals surface area (Å²) in [6.07, 6.45) is 5.63. The number of rotatable bonds is 2. The highest BCUT2D eigenvalue weighted by Crippen LogP contribution is 2.32. The zero-order valence-corrected chi connectivity index (χ0v) is 14.0. The van der Waals surface area contributed by atoms with Gasteiger partial charge in [-0.1, -0.05) is 67.6 Å². The molecule has 1 aliphatic rings. The Morgan fingerprint density at radius 3 is 2.62 bits per heavy atom. The Morgan fingerprint density at radius 1 is 0.958 bits per heavy atom. The van der Waals surface area contributed by atoms with Crippen molar-refractivity contribution in [2.24, 2.45) is 5.92 Å². The maximum atomic E-state index is 4.86. The largest absolute Gasteiger partial charge is 0.233 e. The van der Waals surface area contributed by atoms with E-state index in [2.05, 4.69) is 60.5 Å². The smallest absolute Gasteiger partial charge is 0.160 e. The average Bonchev–Trinajstić information content (AvgIpc) is 2.61. The third-order valence-corrected chi connectivity index (χ3v) is 4.49. The van der Waals surface area contributed by atoms with Gasteiger partial charge in [0.2, 0.25) is 0 Å². The zero-order chi connectivity index (χ0) is 16.5. The summed E-state index contributed by atoms with van der Waals surface area (Å²) < 4.78 is 0. The fourth-order valence-corrected chi connectivity index (χ4v) is 3.31. The maximum absolute atomic E-state index is 4.86. The maximum Gasteiger partial charge on any atom is 0.160 e. The number of hydrogen-bond acceptors (Lipinski definition) is 2. The molecule has 4 rings (SSSR count). The van der Waals surface area contributed by atoms with Crippen LogP contribution >= 0.6 is 0 Å². The van der Waals surface area contributed by atoms with E-state index in [1.807, 2.05) is 25.1 Å². The quantitative estimate of drug-likeness (QED) is 0.639. The Kier molecular flexibility index (Phi) is 3.73. The SMILES string of the molecule is Cc1cc(-c2cccc3c2C=CC(C)C3)nc(-c2ccccc2)n1. The van der Waals surface area contributed by atoms with E-state index < -0.39 is 0 Å². The lowest BCUT2D eigenvalue weighted by atomic mass is 9.87. The van der Waals surface area contributed by atoms with Crippen LogP contribution in [0, 0.1) is 12.8 Å². The van der Waals surface area contributed by atoms with Crippen molar-refractivity contribution in [2.75, 3.05) is 0 Å². The lowest BCUT2D eigenvalue weighted by Gasteiger charge is -2.19. The van der Waals surface area contributed by atoms with Crippen LogP contribution in [0.5, 0.6) is 0 Å². The minimum atomic E-state index is 0.597. The fourth-order valence-electron chi connectivity index (χ4n) is 3.31. The molecular weight excluding hydrogens is 292 g/mol. The van der Waals surface area contributed by atoms with Crippen LogP contribution in [0.3, 0.4) is 0 Å². The summed E-state index contributed by atoms with van der Waals surface area (Å²) in [5, 5.41) is 0. The van der Waals surface area contributed by atoms with Crippen molar-refractivity contribution in [2.45, 2.75) is 20.3 Å². The van der Waals surface area contributed by atoms with Crippen LogP contribution in [0.2, 0.25) is 0 Å². The molecule has 0 spiro atoms. The topological polar surface area (TPSA) is 25.8 Å². The molecule has 1 aromatic heterocycles. The molecule has 24 heavy (non-hydrogen) atoms. The van der Waals surface area contributed by atoms with Crippen molar-refractivity contribution >= 4 is 6.08 Å². The van der Waals surface area contributed by atoms with Gasteiger partial charge in [0.05, 0.1) is 5.69 Å². The van der Waals surface area contributed by atoms with Gasteiger partial charge >= 0.3 is 0 Å². The molecule has 0 amide bonds. The third kappa shape index (κ3) is 2.76. The lowest BCUT2D eigenvalue weighted by Crippen LogP contribution is -2.05. The second-order valence-corrected chi connectivity index (χ2v) is 6.50. The van der Waals surface area contributed by atoms with E-state index in [0.717, 1.165) is 29.2 Å². The highest BCUT2D eigenvalue weighted by molar-refractivity contribution is 5.77. The number of aromatic nitrogens is 2. The molecule has 0 fully saturated rings. The molecule has 1 atom stereocenters. The fraction of sp³-hybridized carbons (Fsp3) is 0.182. The number of fused-ring (bicyclic) bond motifs is 1. The molecule has 0 saturated heterocycles. The first-order chi connectivity index (χ1) is 11.7. The summed E-state index contributed by atoms with van der Waals surface area (Å²) in [5.74, 6) is 1.39.